The first kappa shape index (κ1) is 22.0. The van der Waals surface area contributed by atoms with Crippen LogP contribution >= 0.6 is 11.3 Å². The molecule has 0 unspecified atom stereocenters. The van der Waals surface area contributed by atoms with Crippen molar-refractivity contribution in [3.05, 3.63) is 78.6 Å². The molecular weight excluding hydrogens is 422 g/mol. The Labute approximate surface area is 190 Å². The molecule has 3 heterocycles. The lowest BCUT2D eigenvalue weighted by atomic mass is 9.99. The monoisotopic (exact) mass is 449 g/mol. The summed E-state index contributed by atoms with van der Waals surface area (Å²) in [5.74, 6) is 0.904. The molecule has 4 aromatic rings. The Morgan fingerprint density at radius 3 is 2.56 bits per heavy atom. The van der Waals surface area contributed by atoms with Gasteiger partial charge in [0.1, 0.15) is 10.7 Å². The van der Waals surface area contributed by atoms with Gasteiger partial charge in [-0.05, 0) is 50.8 Å². The highest BCUT2D eigenvalue weighted by Gasteiger charge is 2.19. The fourth-order valence-electron chi connectivity index (χ4n) is 3.81. The van der Waals surface area contributed by atoms with Crippen LogP contribution in [0.3, 0.4) is 0 Å². The van der Waals surface area contributed by atoms with Crippen molar-refractivity contribution >= 4 is 21.6 Å². The second-order valence-corrected chi connectivity index (χ2v) is 9.30. The molecule has 32 heavy (non-hydrogen) atoms. The van der Waals surface area contributed by atoms with Crippen LogP contribution < -0.4 is 15.7 Å². The van der Waals surface area contributed by atoms with E-state index in [2.05, 4.69) is 37.0 Å². The molecule has 1 N–H and O–H groups in total. The number of rotatable bonds is 6. The molecule has 0 aliphatic carbocycles. The van der Waals surface area contributed by atoms with Crippen molar-refractivity contribution < 1.29 is 4.74 Å². The van der Waals surface area contributed by atoms with Gasteiger partial charge >= 0.3 is 0 Å². The average Bonchev–Trinajstić information content (AvgIpc) is 3.08. The third-order valence-electron chi connectivity index (χ3n) is 5.70. The van der Waals surface area contributed by atoms with Crippen molar-refractivity contribution in [1.29, 1.82) is 0 Å². The topological polar surface area (TPSA) is 77.0 Å². The van der Waals surface area contributed by atoms with E-state index in [0.29, 0.717) is 29.3 Å². The first-order valence-electron chi connectivity index (χ1n) is 10.7. The van der Waals surface area contributed by atoms with Crippen molar-refractivity contribution in [3.63, 3.8) is 0 Å². The van der Waals surface area contributed by atoms with Gasteiger partial charge in [0, 0.05) is 28.4 Å². The van der Waals surface area contributed by atoms with Crippen LogP contribution in [0.5, 0.6) is 5.75 Å². The maximum atomic E-state index is 13.6. The lowest BCUT2D eigenvalue weighted by molar-refractivity contribution is 0.313. The maximum Gasteiger partial charge on any atom is 0.263 e. The normalized spacial score (nSPS) is 11.3. The molecule has 0 atom stereocenters. The summed E-state index contributed by atoms with van der Waals surface area (Å²) in [5.41, 5.74) is 4.70. The Hall–Kier alpha value is -3.19. The van der Waals surface area contributed by atoms with Crippen LogP contribution in [0.4, 0.5) is 0 Å². The van der Waals surface area contributed by atoms with E-state index < -0.39 is 0 Å². The molecule has 0 fully saturated rings. The van der Waals surface area contributed by atoms with Crippen molar-refractivity contribution in [2.45, 2.75) is 47.6 Å². The molecule has 6 nitrogen and oxygen atoms in total. The number of pyridine rings is 1. The predicted octanol–water partition coefficient (Wildman–Crippen LogP) is 4.88. The smallest absolute Gasteiger partial charge is 0.263 e. The number of fused-ring (bicyclic) bond motifs is 1. The van der Waals surface area contributed by atoms with Crippen LogP contribution in [0, 0.1) is 27.7 Å². The summed E-state index contributed by atoms with van der Waals surface area (Å²) in [4.78, 5) is 35.6. The molecule has 0 aliphatic rings. The van der Waals surface area contributed by atoms with E-state index in [9.17, 15) is 9.59 Å². The first-order valence-corrected chi connectivity index (χ1v) is 11.5. The van der Waals surface area contributed by atoms with Crippen molar-refractivity contribution in [3.8, 4) is 16.9 Å². The molecule has 0 bridgehead atoms. The zero-order valence-corrected chi connectivity index (χ0v) is 19.9. The van der Waals surface area contributed by atoms with Crippen LogP contribution in [0.2, 0.25) is 0 Å². The number of aromatic amines is 1. The highest BCUT2D eigenvalue weighted by Crippen LogP contribution is 2.36. The summed E-state index contributed by atoms with van der Waals surface area (Å²) in [7, 11) is 0. The average molecular weight is 450 g/mol. The van der Waals surface area contributed by atoms with Gasteiger partial charge in [-0.15, -0.1) is 11.3 Å². The first-order chi connectivity index (χ1) is 15.3. The molecule has 1 aromatic carbocycles. The number of aryl methyl sites for hydroxylation is 4. The number of H-pyrrole nitrogens is 1. The van der Waals surface area contributed by atoms with Crippen LogP contribution in [0.1, 0.15) is 40.9 Å². The quantitative estimate of drug-likeness (QED) is 0.455. The van der Waals surface area contributed by atoms with Gasteiger partial charge in [0.05, 0.1) is 18.5 Å². The molecule has 0 amide bonds. The summed E-state index contributed by atoms with van der Waals surface area (Å²) in [6, 6.07) is 7.76. The molecule has 166 valence electrons. The Morgan fingerprint density at radius 1 is 1.09 bits per heavy atom. The fourth-order valence-corrected chi connectivity index (χ4v) is 4.90. The van der Waals surface area contributed by atoms with Gasteiger partial charge in [0.2, 0.25) is 5.43 Å². The zero-order valence-electron chi connectivity index (χ0n) is 19.0. The Morgan fingerprint density at radius 2 is 1.88 bits per heavy atom. The number of thiophene rings is 1. The number of nitrogens with zero attached hydrogens (tertiary/aromatic N) is 2. The van der Waals surface area contributed by atoms with E-state index in [1.165, 1.54) is 17.2 Å². The zero-order chi connectivity index (χ0) is 23.0. The number of hydrogen-bond donors (Lipinski definition) is 1. The minimum absolute atomic E-state index is 0.0998. The van der Waals surface area contributed by atoms with Crippen LogP contribution in [-0.4, -0.2) is 21.1 Å². The van der Waals surface area contributed by atoms with E-state index in [0.717, 1.165) is 27.3 Å². The summed E-state index contributed by atoms with van der Waals surface area (Å²) >= 11 is 1.54. The third-order valence-corrected chi connectivity index (χ3v) is 6.70. The van der Waals surface area contributed by atoms with E-state index in [-0.39, 0.29) is 17.5 Å². The van der Waals surface area contributed by atoms with Crippen molar-refractivity contribution in [2.24, 2.45) is 0 Å². The highest BCUT2D eigenvalue weighted by atomic mass is 32.1. The van der Waals surface area contributed by atoms with E-state index in [1.807, 2.05) is 20.8 Å². The number of hydrogen-bond acceptors (Lipinski definition) is 5. The van der Waals surface area contributed by atoms with Gasteiger partial charge in [-0.2, -0.15) is 0 Å². The Balaban J connectivity index is 1.81. The van der Waals surface area contributed by atoms with Crippen LogP contribution in [0.15, 0.2) is 40.1 Å². The number of nitrogens with one attached hydrogen (secondary N) is 1. The van der Waals surface area contributed by atoms with Gasteiger partial charge in [-0.25, -0.2) is 4.98 Å². The standard InChI is InChI=1S/C25H27N3O3S/c1-6-9-31-21-12-26-19(11-20(21)29)13-28-17(5)27-24-23(25(28)30)22(16(4)32-24)18-8-7-14(2)15(3)10-18/h7-8,10-12H,6,9,13H2,1-5H3,(H,26,29). The largest absolute Gasteiger partial charge is 0.488 e. The lowest BCUT2D eigenvalue weighted by Crippen LogP contribution is -2.25. The predicted molar refractivity (Wildman–Crippen MR) is 130 cm³/mol. The van der Waals surface area contributed by atoms with E-state index in [4.69, 9.17) is 9.72 Å². The number of benzene rings is 1. The van der Waals surface area contributed by atoms with Crippen molar-refractivity contribution in [2.75, 3.05) is 6.61 Å². The summed E-state index contributed by atoms with van der Waals surface area (Å²) in [6.45, 7) is 10.7. The fraction of sp³-hybridized carbons (Fsp3) is 0.320. The minimum Gasteiger partial charge on any atom is -0.488 e. The number of aromatic nitrogens is 3. The summed E-state index contributed by atoms with van der Waals surface area (Å²) < 4.78 is 7.08. The number of ether oxygens (including phenoxy) is 1. The molecule has 0 aliphatic heterocycles. The van der Waals surface area contributed by atoms with Crippen molar-refractivity contribution in [1.82, 2.24) is 14.5 Å². The maximum absolute atomic E-state index is 13.6. The van der Waals surface area contributed by atoms with Crippen LogP contribution in [0.25, 0.3) is 21.3 Å². The van der Waals surface area contributed by atoms with E-state index >= 15 is 0 Å². The van der Waals surface area contributed by atoms with Gasteiger partial charge in [0.15, 0.2) is 5.75 Å². The highest BCUT2D eigenvalue weighted by molar-refractivity contribution is 7.19. The molecule has 4 rings (SSSR count). The van der Waals surface area contributed by atoms with Gasteiger partial charge < -0.3 is 9.72 Å². The molecular formula is C25H27N3O3S. The second kappa shape index (κ2) is 8.74. The van der Waals surface area contributed by atoms with Gasteiger partial charge in [-0.1, -0.05) is 25.1 Å². The molecule has 0 spiro atoms. The third kappa shape index (κ3) is 4.00. The van der Waals surface area contributed by atoms with Gasteiger partial charge in [0.25, 0.3) is 5.56 Å². The molecule has 0 radical (unpaired) electrons. The molecule has 7 heteroatoms. The molecule has 3 aromatic heterocycles. The Kier molecular flexibility index (Phi) is 6.02. The summed E-state index contributed by atoms with van der Waals surface area (Å²) in [6.07, 6.45) is 2.39. The van der Waals surface area contributed by atoms with Crippen LogP contribution in [-0.2, 0) is 6.54 Å². The molecule has 0 saturated heterocycles. The van der Waals surface area contributed by atoms with E-state index in [1.54, 1.807) is 22.1 Å². The second-order valence-electron chi connectivity index (χ2n) is 8.10. The summed E-state index contributed by atoms with van der Waals surface area (Å²) in [5, 5.41) is 0.631. The minimum atomic E-state index is -0.200. The van der Waals surface area contributed by atoms with Gasteiger partial charge in [-0.3, -0.25) is 14.2 Å². The molecule has 0 saturated carbocycles. The lowest BCUT2D eigenvalue weighted by Gasteiger charge is -2.11. The Bertz CT molecular complexity index is 1430. The SMILES string of the molecule is CCCOc1c[nH]c(Cn2c(C)nc3sc(C)c(-c4ccc(C)c(C)c4)c3c2=O)cc1=O.